The maximum Gasteiger partial charge on any atom is 0.164 e. The van der Waals surface area contributed by atoms with Crippen molar-refractivity contribution >= 4 is 69.6 Å². The number of aryl methyl sites for hydroxylation is 1. The van der Waals surface area contributed by atoms with Gasteiger partial charge in [-0.1, -0.05) is 91.5 Å². The van der Waals surface area contributed by atoms with E-state index in [0.29, 0.717) is 0 Å². The molecule has 0 aliphatic heterocycles. The number of carbonyl (C=O) groups is 1. The van der Waals surface area contributed by atoms with E-state index >= 15 is 0 Å². The molecule has 0 atom stereocenters. The first-order valence-corrected chi connectivity index (χ1v) is 18.8. The van der Waals surface area contributed by atoms with Gasteiger partial charge in [-0.25, -0.2) is 4.98 Å². The predicted molar refractivity (Wildman–Crippen MR) is 209 cm³/mol. The number of hydrogen-bond donors (Lipinski definition) is 1. The Labute approximate surface area is 313 Å². The first-order chi connectivity index (χ1) is 22.7. The minimum absolute atomic E-state index is 0. The summed E-state index contributed by atoms with van der Waals surface area (Å²) >= 11 is 3.59. The van der Waals surface area contributed by atoms with Crippen LogP contribution in [0.1, 0.15) is 98.4 Å². The summed E-state index contributed by atoms with van der Waals surface area (Å²) in [6.45, 7) is 21.1. The summed E-state index contributed by atoms with van der Waals surface area (Å²) in [5, 5.41) is 16.2. The van der Waals surface area contributed by atoms with Crippen molar-refractivity contribution in [2.24, 2.45) is 10.8 Å². The van der Waals surface area contributed by atoms with Gasteiger partial charge >= 0.3 is 0 Å². The fraction of sp³-hybridized carbons (Fsp3) is 0.405. The van der Waals surface area contributed by atoms with Crippen molar-refractivity contribution < 1.29 is 30.0 Å². The quantitative estimate of drug-likeness (QED) is 0.0940. The van der Waals surface area contributed by atoms with Gasteiger partial charge in [0.15, 0.2) is 5.78 Å². The van der Waals surface area contributed by atoms with Gasteiger partial charge in [0.1, 0.15) is 16.9 Å². The number of aliphatic hydroxyl groups is 1. The van der Waals surface area contributed by atoms with Gasteiger partial charge < -0.3 is 5.11 Å². The summed E-state index contributed by atoms with van der Waals surface area (Å²) in [7, 11) is 0. The van der Waals surface area contributed by atoms with Crippen LogP contribution < -0.4 is 0 Å². The van der Waals surface area contributed by atoms with E-state index in [0.717, 1.165) is 52.5 Å². The summed E-state index contributed by atoms with van der Waals surface area (Å²) in [6.07, 6.45) is 6.45. The SMILES string of the molecule is CCC(C)(CC)C(=O)/C=C(\O)C(C)(CC)CC.Cc1cc2cc3sc4ncnc(-c5[c-]c6ccccc6c(C(C)(C)C)c5)c4c3cc2s1.[Ir]. The van der Waals surface area contributed by atoms with Crippen LogP contribution >= 0.6 is 22.7 Å². The Bertz CT molecular complexity index is 2140. The number of rotatable bonds is 8. The average molecular weight is 870 g/mol. The van der Waals surface area contributed by atoms with Crippen molar-refractivity contribution in [2.75, 3.05) is 0 Å². The zero-order valence-corrected chi connectivity index (χ0v) is 34.5. The molecule has 261 valence electrons. The molecule has 3 heterocycles. The molecule has 0 fully saturated rings. The molecule has 49 heavy (non-hydrogen) atoms. The molecule has 0 spiro atoms. The van der Waals surface area contributed by atoms with Crippen LogP contribution in [0.15, 0.2) is 66.7 Å². The molecule has 6 rings (SSSR count). The van der Waals surface area contributed by atoms with Crippen LogP contribution in [0, 0.1) is 23.8 Å². The molecule has 1 N–H and O–H groups in total. The van der Waals surface area contributed by atoms with E-state index < -0.39 is 0 Å². The minimum Gasteiger partial charge on any atom is -0.512 e. The van der Waals surface area contributed by atoms with Gasteiger partial charge in [-0.05, 0) is 67.0 Å². The molecule has 3 aromatic heterocycles. The van der Waals surface area contributed by atoms with Gasteiger partial charge in [0, 0.05) is 62.4 Å². The van der Waals surface area contributed by atoms with E-state index in [1.54, 1.807) is 17.7 Å². The number of fused-ring (bicyclic) bond motifs is 5. The molecule has 0 saturated carbocycles. The van der Waals surface area contributed by atoms with E-state index in [1.165, 1.54) is 42.1 Å². The largest absolute Gasteiger partial charge is 0.512 e. The third-order valence-electron chi connectivity index (χ3n) is 10.5. The molecule has 0 amide bonds. The van der Waals surface area contributed by atoms with Crippen LogP contribution in [-0.2, 0) is 30.3 Å². The third kappa shape index (κ3) is 7.71. The maximum atomic E-state index is 12.2. The van der Waals surface area contributed by atoms with Gasteiger partial charge in [0.2, 0.25) is 0 Å². The second-order valence-corrected chi connectivity index (χ2v) is 16.9. The molecule has 3 aromatic carbocycles. The summed E-state index contributed by atoms with van der Waals surface area (Å²) in [5.41, 5.74) is 2.75. The second-order valence-electron chi connectivity index (χ2n) is 14.6. The normalized spacial score (nSPS) is 12.7. The Morgan fingerprint density at radius 3 is 2.12 bits per heavy atom. The number of nitrogens with zero attached hydrogens (tertiary/aromatic N) is 2. The fourth-order valence-corrected chi connectivity index (χ4v) is 8.16. The first-order valence-electron chi connectivity index (χ1n) is 17.2. The Morgan fingerprint density at radius 2 is 1.49 bits per heavy atom. The monoisotopic (exact) mass is 870 g/mol. The molecule has 0 aliphatic rings. The van der Waals surface area contributed by atoms with Gasteiger partial charge in [0.05, 0.1) is 0 Å². The molecule has 7 heteroatoms. The van der Waals surface area contributed by atoms with Crippen LogP contribution in [0.25, 0.3) is 52.4 Å². The van der Waals surface area contributed by atoms with Crippen molar-refractivity contribution in [1.29, 1.82) is 0 Å². The summed E-state index contributed by atoms with van der Waals surface area (Å²) in [4.78, 5) is 24.0. The Morgan fingerprint density at radius 1 is 0.837 bits per heavy atom. The minimum atomic E-state index is -0.337. The smallest absolute Gasteiger partial charge is 0.164 e. The molecular weight excluding hydrogens is 821 g/mol. The number of ketones is 1. The van der Waals surface area contributed by atoms with E-state index in [1.807, 2.05) is 52.9 Å². The number of hydrogen-bond acceptors (Lipinski definition) is 6. The zero-order chi connectivity index (χ0) is 35.0. The first kappa shape index (κ1) is 38.8. The van der Waals surface area contributed by atoms with Crippen molar-refractivity contribution in [3.8, 4) is 11.3 Å². The van der Waals surface area contributed by atoms with Crippen molar-refractivity contribution in [1.82, 2.24) is 9.97 Å². The van der Waals surface area contributed by atoms with Crippen molar-refractivity contribution in [2.45, 2.75) is 100 Å². The van der Waals surface area contributed by atoms with Crippen LogP contribution in [0.2, 0.25) is 0 Å². The van der Waals surface area contributed by atoms with Crippen LogP contribution in [0.5, 0.6) is 0 Å². The second kappa shape index (κ2) is 15.1. The molecular formula is C42H49IrN2O2S2-. The van der Waals surface area contributed by atoms with Gasteiger partial charge in [-0.2, -0.15) is 0 Å². The van der Waals surface area contributed by atoms with Crippen molar-refractivity contribution in [3.63, 3.8) is 0 Å². The molecule has 0 bridgehead atoms. The number of aromatic nitrogens is 2. The Hall–Kier alpha value is -2.96. The Balaban J connectivity index is 0.000000260. The Kier molecular flexibility index (Phi) is 12.0. The number of thiophene rings is 2. The molecule has 4 nitrogen and oxygen atoms in total. The molecule has 1 radical (unpaired) electrons. The van der Waals surface area contributed by atoms with Gasteiger partial charge in [-0.15, -0.1) is 51.8 Å². The number of carbonyl (C=O) groups excluding carboxylic acids is 1. The molecule has 0 saturated heterocycles. The van der Waals surface area contributed by atoms with Crippen LogP contribution in [-0.4, -0.2) is 20.9 Å². The zero-order valence-electron chi connectivity index (χ0n) is 30.5. The topological polar surface area (TPSA) is 63.1 Å². The summed E-state index contributed by atoms with van der Waals surface area (Å²) in [6, 6.07) is 21.4. The number of benzene rings is 3. The van der Waals surface area contributed by atoms with E-state index in [9.17, 15) is 9.90 Å². The van der Waals surface area contributed by atoms with E-state index in [-0.39, 0.29) is 47.9 Å². The molecule has 0 unspecified atom stereocenters. The van der Waals surface area contributed by atoms with Gasteiger partial charge in [-0.3, -0.25) is 9.78 Å². The van der Waals surface area contributed by atoms with E-state index in [2.05, 4.69) is 87.3 Å². The summed E-state index contributed by atoms with van der Waals surface area (Å²) in [5.74, 6) is 0.286. The molecule has 6 aromatic rings. The standard InChI is InChI=1S/C27H21N2S2.C15H28O2.Ir/c1-15-9-17-12-23-20(13-22(17)30-15)24-25(28-14-29-26(24)31-23)18-10-16-7-5-6-8-19(16)21(11-18)27(2,3)4;1-7-14(5,8-2)12(16)11-13(17)15(6,9-3)10-4;/h5-9,11-14H,1-4H3;11,16H,7-10H2,1-6H3;/q-1;;/b;12-11-;. The van der Waals surface area contributed by atoms with Crippen molar-refractivity contribution in [3.05, 3.63) is 83.2 Å². The average Bonchev–Trinajstić information content (AvgIpc) is 3.63. The fourth-order valence-electron chi connectivity index (χ4n) is 6.14. The summed E-state index contributed by atoms with van der Waals surface area (Å²) < 4.78 is 2.58. The predicted octanol–water partition coefficient (Wildman–Crippen LogP) is 12.9. The van der Waals surface area contributed by atoms with Crippen LogP contribution in [0.4, 0.5) is 0 Å². The maximum absolute atomic E-state index is 12.2. The third-order valence-corrected chi connectivity index (χ3v) is 12.5. The molecule has 0 aliphatic carbocycles. The van der Waals surface area contributed by atoms with Gasteiger partial charge in [0.25, 0.3) is 0 Å². The number of allylic oxidation sites excluding steroid dienone is 2. The van der Waals surface area contributed by atoms with Crippen LogP contribution in [0.3, 0.4) is 0 Å². The van der Waals surface area contributed by atoms with E-state index in [4.69, 9.17) is 4.98 Å². The number of aliphatic hydroxyl groups excluding tert-OH is 1.